The van der Waals surface area contributed by atoms with Crippen LogP contribution in [0.1, 0.15) is 123 Å². The fraction of sp³-hybridized carbons (Fsp3) is 0.913. The molecular formula is C23H44O4. The third-order valence-corrected chi connectivity index (χ3v) is 4.78. The summed E-state index contributed by atoms with van der Waals surface area (Å²) >= 11 is 0. The third kappa shape index (κ3) is 21.1. The van der Waals surface area contributed by atoms with Gasteiger partial charge < -0.3 is 9.47 Å². The van der Waals surface area contributed by atoms with Crippen molar-refractivity contribution in [3.05, 3.63) is 0 Å². The number of hydrogen-bond donors (Lipinski definition) is 0. The van der Waals surface area contributed by atoms with E-state index in [1.54, 1.807) is 0 Å². The van der Waals surface area contributed by atoms with Gasteiger partial charge in [-0.2, -0.15) is 0 Å². The summed E-state index contributed by atoms with van der Waals surface area (Å²) in [4.78, 5) is 23.1. The van der Waals surface area contributed by atoms with Crippen molar-refractivity contribution >= 4 is 11.9 Å². The molecule has 4 heteroatoms. The van der Waals surface area contributed by atoms with Gasteiger partial charge in [-0.25, -0.2) is 0 Å². The summed E-state index contributed by atoms with van der Waals surface area (Å²) in [5.74, 6) is -0.0839. The summed E-state index contributed by atoms with van der Waals surface area (Å²) in [6, 6.07) is 0. The van der Waals surface area contributed by atoms with E-state index >= 15 is 0 Å². The van der Waals surface area contributed by atoms with Gasteiger partial charge in [0.1, 0.15) is 0 Å². The average Bonchev–Trinajstić information content (AvgIpc) is 2.66. The Balaban J connectivity index is 3.23. The van der Waals surface area contributed by atoms with Gasteiger partial charge in [-0.05, 0) is 25.7 Å². The molecule has 0 aromatic carbocycles. The lowest BCUT2D eigenvalue weighted by atomic mass is 10.1. The van der Waals surface area contributed by atoms with Crippen molar-refractivity contribution in [1.29, 1.82) is 0 Å². The second kappa shape index (κ2) is 21.2. The van der Waals surface area contributed by atoms with Gasteiger partial charge in [-0.1, -0.05) is 84.5 Å². The van der Waals surface area contributed by atoms with Crippen molar-refractivity contribution in [3.8, 4) is 0 Å². The lowest BCUT2D eigenvalue weighted by Crippen LogP contribution is -2.05. The van der Waals surface area contributed by atoms with E-state index in [-0.39, 0.29) is 11.9 Å². The molecule has 0 bridgehead atoms. The monoisotopic (exact) mass is 384 g/mol. The molecule has 0 aromatic rings. The zero-order chi connectivity index (χ0) is 20.0. The van der Waals surface area contributed by atoms with Gasteiger partial charge in [0.15, 0.2) is 0 Å². The summed E-state index contributed by atoms with van der Waals surface area (Å²) < 4.78 is 10.5. The highest BCUT2D eigenvalue weighted by atomic mass is 16.5. The maximum atomic E-state index is 11.6. The van der Waals surface area contributed by atoms with E-state index in [1.807, 2.05) is 0 Å². The molecule has 4 nitrogen and oxygen atoms in total. The van der Waals surface area contributed by atoms with Crippen molar-refractivity contribution in [1.82, 2.24) is 0 Å². The first kappa shape index (κ1) is 25.9. The van der Waals surface area contributed by atoms with Crippen LogP contribution in [0.5, 0.6) is 0 Å². The molecule has 27 heavy (non-hydrogen) atoms. The largest absolute Gasteiger partial charge is 0.466 e. The van der Waals surface area contributed by atoms with Crippen molar-refractivity contribution in [2.75, 3.05) is 13.2 Å². The molecule has 0 saturated carbocycles. The highest BCUT2D eigenvalue weighted by Crippen LogP contribution is 2.11. The second-order valence-electron chi connectivity index (χ2n) is 7.54. The zero-order valence-electron chi connectivity index (χ0n) is 18.1. The van der Waals surface area contributed by atoms with Crippen molar-refractivity contribution in [3.63, 3.8) is 0 Å². The minimum absolute atomic E-state index is 0.0419. The Morgan fingerprint density at radius 3 is 1.19 bits per heavy atom. The Labute approximate surface area is 167 Å². The van der Waals surface area contributed by atoms with Crippen LogP contribution in [0.15, 0.2) is 0 Å². The van der Waals surface area contributed by atoms with Crippen LogP contribution in [0.2, 0.25) is 0 Å². The molecule has 0 fully saturated rings. The van der Waals surface area contributed by atoms with Gasteiger partial charge in [0, 0.05) is 12.8 Å². The van der Waals surface area contributed by atoms with E-state index in [9.17, 15) is 9.59 Å². The molecule has 0 N–H and O–H groups in total. The van der Waals surface area contributed by atoms with Crippen LogP contribution in [0.4, 0.5) is 0 Å². The van der Waals surface area contributed by atoms with Crippen molar-refractivity contribution < 1.29 is 19.1 Å². The fourth-order valence-electron chi connectivity index (χ4n) is 3.00. The van der Waals surface area contributed by atoms with E-state index in [4.69, 9.17) is 9.47 Å². The molecular weight excluding hydrogens is 340 g/mol. The smallest absolute Gasteiger partial charge is 0.305 e. The zero-order valence-corrected chi connectivity index (χ0v) is 18.1. The number of hydrogen-bond acceptors (Lipinski definition) is 4. The quantitative estimate of drug-likeness (QED) is 0.172. The Morgan fingerprint density at radius 1 is 0.481 bits per heavy atom. The average molecular weight is 385 g/mol. The molecule has 0 aliphatic carbocycles. The molecule has 0 rings (SSSR count). The van der Waals surface area contributed by atoms with E-state index in [1.165, 1.54) is 32.1 Å². The minimum atomic E-state index is -0.0419. The van der Waals surface area contributed by atoms with Crippen LogP contribution >= 0.6 is 0 Å². The molecule has 0 amide bonds. The lowest BCUT2D eigenvalue weighted by Gasteiger charge is -2.05. The summed E-state index contributed by atoms with van der Waals surface area (Å²) in [7, 11) is 0. The number of unbranched alkanes of at least 4 members (excludes halogenated alkanes) is 12. The van der Waals surface area contributed by atoms with Crippen molar-refractivity contribution in [2.24, 2.45) is 0 Å². The van der Waals surface area contributed by atoms with E-state index in [0.717, 1.165) is 64.2 Å². The number of carbonyl (C=O) groups is 2. The predicted molar refractivity (Wildman–Crippen MR) is 112 cm³/mol. The van der Waals surface area contributed by atoms with Gasteiger partial charge in [0.2, 0.25) is 0 Å². The molecule has 0 spiro atoms. The molecule has 0 unspecified atom stereocenters. The predicted octanol–water partition coefficient (Wildman–Crippen LogP) is 6.74. The minimum Gasteiger partial charge on any atom is -0.466 e. The highest BCUT2D eigenvalue weighted by molar-refractivity contribution is 5.69. The molecule has 0 aromatic heterocycles. The summed E-state index contributed by atoms with van der Waals surface area (Å²) in [6.45, 7) is 5.52. The topological polar surface area (TPSA) is 52.6 Å². The number of carbonyl (C=O) groups excluding carboxylic acids is 2. The van der Waals surface area contributed by atoms with Gasteiger partial charge in [-0.3, -0.25) is 9.59 Å². The maximum absolute atomic E-state index is 11.6. The number of esters is 2. The summed E-state index contributed by atoms with van der Waals surface area (Å²) in [6.07, 6.45) is 17.8. The van der Waals surface area contributed by atoms with Crippen LogP contribution in [-0.4, -0.2) is 25.2 Å². The Kier molecular flexibility index (Phi) is 20.4. The van der Waals surface area contributed by atoms with E-state index < -0.39 is 0 Å². The molecule has 0 heterocycles. The number of ether oxygens (including phenoxy) is 2. The SMILES string of the molecule is CCCCCCOC(=O)CCCCCCCCCC(=O)OCCCCCC. The van der Waals surface area contributed by atoms with Gasteiger partial charge in [0.25, 0.3) is 0 Å². The molecule has 0 atom stereocenters. The first-order valence-corrected chi connectivity index (χ1v) is 11.5. The maximum Gasteiger partial charge on any atom is 0.305 e. The second-order valence-corrected chi connectivity index (χ2v) is 7.54. The Bertz CT molecular complexity index is 309. The van der Waals surface area contributed by atoms with Crippen molar-refractivity contribution in [2.45, 2.75) is 123 Å². The Morgan fingerprint density at radius 2 is 0.815 bits per heavy atom. The summed E-state index contributed by atoms with van der Waals surface area (Å²) in [5.41, 5.74) is 0. The van der Waals surface area contributed by atoms with Crippen LogP contribution in [0.25, 0.3) is 0 Å². The van der Waals surface area contributed by atoms with Crippen LogP contribution in [-0.2, 0) is 19.1 Å². The molecule has 0 aliphatic rings. The first-order valence-electron chi connectivity index (χ1n) is 11.5. The van der Waals surface area contributed by atoms with Crippen LogP contribution in [0, 0.1) is 0 Å². The molecule has 0 saturated heterocycles. The van der Waals surface area contributed by atoms with Crippen LogP contribution in [0.3, 0.4) is 0 Å². The normalized spacial score (nSPS) is 10.7. The van der Waals surface area contributed by atoms with E-state index in [0.29, 0.717) is 26.1 Å². The van der Waals surface area contributed by atoms with Crippen LogP contribution < -0.4 is 0 Å². The summed E-state index contributed by atoms with van der Waals surface area (Å²) in [5, 5.41) is 0. The Hall–Kier alpha value is -1.06. The standard InChI is InChI=1S/C23H44O4/c1-3-5-7-16-20-26-22(24)18-14-12-10-9-11-13-15-19-23(25)27-21-17-8-6-4-2/h3-21H2,1-2H3. The molecule has 0 radical (unpaired) electrons. The lowest BCUT2D eigenvalue weighted by molar-refractivity contribution is -0.144. The first-order chi connectivity index (χ1) is 13.2. The number of rotatable bonds is 20. The van der Waals surface area contributed by atoms with Gasteiger partial charge in [0.05, 0.1) is 13.2 Å². The highest BCUT2D eigenvalue weighted by Gasteiger charge is 2.04. The fourth-order valence-corrected chi connectivity index (χ4v) is 3.00. The van der Waals surface area contributed by atoms with Gasteiger partial charge >= 0.3 is 11.9 Å². The van der Waals surface area contributed by atoms with E-state index in [2.05, 4.69) is 13.8 Å². The molecule has 160 valence electrons. The molecule has 0 aliphatic heterocycles. The van der Waals surface area contributed by atoms with Gasteiger partial charge in [-0.15, -0.1) is 0 Å². The third-order valence-electron chi connectivity index (χ3n) is 4.78.